The molecule has 2 N–H and O–H groups in total. The highest BCUT2D eigenvalue weighted by molar-refractivity contribution is 5.37. The summed E-state index contributed by atoms with van der Waals surface area (Å²) in [5.74, 6) is -0.531. The Morgan fingerprint density at radius 3 is 2.50 bits per heavy atom. The Bertz CT molecular complexity index is 611. The molecule has 0 aliphatic rings. The Hall–Kier alpha value is -1.94. The Balaban J connectivity index is 2.11. The molecule has 20 heavy (non-hydrogen) atoms. The molecule has 2 nitrogen and oxygen atoms in total. The fraction of sp³-hybridized carbons (Fsp3) is 0.250. The van der Waals surface area contributed by atoms with Gasteiger partial charge in [0, 0.05) is 17.7 Å². The van der Waals surface area contributed by atoms with E-state index in [2.05, 4.69) is 0 Å². The van der Waals surface area contributed by atoms with Gasteiger partial charge in [-0.05, 0) is 43.2 Å². The van der Waals surface area contributed by atoms with Gasteiger partial charge < -0.3 is 10.5 Å². The first kappa shape index (κ1) is 14.5. The summed E-state index contributed by atoms with van der Waals surface area (Å²) in [4.78, 5) is 0. The fourth-order valence-corrected chi connectivity index (χ4v) is 1.91. The van der Waals surface area contributed by atoms with Crippen molar-refractivity contribution in [2.24, 2.45) is 5.73 Å². The number of rotatable bonds is 4. The number of halogens is 2. The third-order valence-corrected chi connectivity index (χ3v) is 3.12. The fourth-order valence-electron chi connectivity index (χ4n) is 1.91. The highest BCUT2D eigenvalue weighted by Crippen LogP contribution is 2.23. The van der Waals surface area contributed by atoms with Gasteiger partial charge in [-0.15, -0.1) is 0 Å². The molecule has 0 spiro atoms. The lowest BCUT2D eigenvalue weighted by atomic mass is 10.1. The largest absolute Gasteiger partial charge is 0.489 e. The zero-order chi connectivity index (χ0) is 14.7. The van der Waals surface area contributed by atoms with Gasteiger partial charge in [-0.2, -0.15) is 0 Å². The number of ether oxygens (including phenoxy) is 1. The molecule has 4 heteroatoms. The van der Waals surface area contributed by atoms with Crippen LogP contribution in [0, 0.1) is 18.6 Å². The van der Waals surface area contributed by atoms with Crippen LogP contribution >= 0.6 is 0 Å². The molecule has 0 heterocycles. The summed E-state index contributed by atoms with van der Waals surface area (Å²) in [5.41, 5.74) is 8.08. The minimum absolute atomic E-state index is 0.0442. The highest BCUT2D eigenvalue weighted by atomic mass is 19.1. The van der Waals surface area contributed by atoms with E-state index in [-0.39, 0.29) is 12.6 Å². The summed E-state index contributed by atoms with van der Waals surface area (Å²) in [6, 6.07) is 9.05. The molecule has 0 radical (unpaired) electrons. The van der Waals surface area contributed by atoms with Crippen molar-refractivity contribution >= 4 is 0 Å². The standard InChI is InChI=1S/C16H17F2NO/c1-10-7-12(11(2)19)4-6-16(10)20-9-13-3-5-14(17)8-15(13)18/h3-8,11H,9,19H2,1-2H3. The third-order valence-electron chi connectivity index (χ3n) is 3.12. The molecular formula is C16H17F2NO. The van der Waals surface area contributed by atoms with Crippen LogP contribution in [0.25, 0.3) is 0 Å². The normalized spacial score (nSPS) is 12.2. The van der Waals surface area contributed by atoms with E-state index in [1.165, 1.54) is 12.1 Å². The van der Waals surface area contributed by atoms with Crippen molar-refractivity contribution in [2.45, 2.75) is 26.5 Å². The monoisotopic (exact) mass is 277 g/mol. The molecule has 2 aromatic carbocycles. The van der Waals surface area contributed by atoms with Crippen LogP contribution in [-0.4, -0.2) is 0 Å². The van der Waals surface area contributed by atoms with Crippen molar-refractivity contribution in [2.75, 3.05) is 0 Å². The van der Waals surface area contributed by atoms with Gasteiger partial charge in [-0.1, -0.05) is 12.1 Å². The summed E-state index contributed by atoms with van der Waals surface area (Å²) in [5, 5.41) is 0. The van der Waals surface area contributed by atoms with E-state index in [4.69, 9.17) is 10.5 Å². The van der Waals surface area contributed by atoms with Crippen LogP contribution in [0.3, 0.4) is 0 Å². The van der Waals surface area contributed by atoms with Crippen LogP contribution in [0.1, 0.15) is 29.7 Å². The Kier molecular flexibility index (Phi) is 4.35. The van der Waals surface area contributed by atoms with Crippen LogP contribution < -0.4 is 10.5 Å². The highest BCUT2D eigenvalue weighted by Gasteiger charge is 2.07. The van der Waals surface area contributed by atoms with E-state index in [0.717, 1.165) is 17.2 Å². The van der Waals surface area contributed by atoms with Gasteiger partial charge in [-0.3, -0.25) is 0 Å². The molecule has 0 saturated heterocycles. The summed E-state index contributed by atoms with van der Waals surface area (Å²) >= 11 is 0. The Morgan fingerprint density at radius 2 is 1.90 bits per heavy atom. The summed E-state index contributed by atoms with van der Waals surface area (Å²) in [6.07, 6.45) is 0. The minimum atomic E-state index is -0.602. The van der Waals surface area contributed by atoms with Crippen molar-refractivity contribution in [1.29, 1.82) is 0 Å². The van der Waals surface area contributed by atoms with E-state index in [0.29, 0.717) is 11.3 Å². The molecule has 0 saturated carbocycles. The number of benzene rings is 2. The molecular weight excluding hydrogens is 260 g/mol. The van der Waals surface area contributed by atoms with Gasteiger partial charge in [0.15, 0.2) is 0 Å². The molecule has 106 valence electrons. The maximum atomic E-state index is 13.5. The predicted octanol–water partition coefficient (Wildman–Crippen LogP) is 3.87. The second-order valence-electron chi connectivity index (χ2n) is 4.84. The third kappa shape index (κ3) is 3.33. The Morgan fingerprint density at radius 1 is 1.15 bits per heavy atom. The molecule has 0 aliphatic heterocycles. The molecule has 2 rings (SSSR count). The topological polar surface area (TPSA) is 35.2 Å². The van der Waals surface area contributed by atoms with Gasteiger partial charge in [0.25, 0.3) is 0 Å². The van der Waals surface area contributed by atoms with E-state index in [9.17, 15) is 8.78 Å². The van der Waals surface area contributed by atoms with E-state index < -0.39 is 11.6 Å². The van der Waals surface area contributed by atoms with Crippen LogP contribution in [0.4, 0.5) is 8.78 Å². The zero-order valence-electron chi connectivity index (χ0n) is 11.5. The van der Waals surface area contributed by atoms with Gasteiger partial charge in [0.1, 0.15) is 24.0 Å². The van der Waals surface area contributed by atoms with Crippen LogP contribution in [0.2, 0.25) is 0 Å². The van der Waals surface area contributed by atoms with Crippen molar-refractivity contribution in [1.82, 2.24) is 0 Å². The predicted molar refractivity (Wildman–Crippen MR) is 74.5 cm³/mol. The first-order valence-corrected chi connectivity index (χ1v) is 6.40. The summed E-state index contributed by atoms with van der Waals surface area (Å²) < 4.78 is 31.9. The maximum absolute atomic E-state index is 13.5. The molecule has 0 amide bonds. The van der Waals surface area contributed by atoms with Crippen LogP contribution in [0.5, 0.6) is 5.75 Å². The number of hydrogen-bond acceptors (Lipinski definition) is 2. The van der Waals surface area contributed by atoms with Gasteiger partial charge in [0.05, 0.1) is 0 Å². The van der Waals surface area contributed by atoms with Crippen LogP contribution in [-0.2, 0) is 6.61 Å². The van der Waals surface area contributed by atoms with Crippen LogP contribution in [0.15, 0.2) is 36.4 Å². The number of hydrogen-bond donors (Lipinski definition) is 1. The smallest absolute Gasteiger partial charge is 0.132 e. The minimum Gasteiger partial charge on any atom is -0.489 e. The summed E-state index contributed by atoms with van der Waals surface area (Å²) in [6.45, 7) is 3.87. The molecule has 0 bridgehead atoms. The van der Waals surface area contributed by atoms with Crippen molar-refractivity contribution in [3.8, 4) is 5.75 Å². The lowest BCUT2D eigenvalue weighted by Gasteiger charge is -2.12. The molecule has 0 aliphatic carbocycles. The molecule has 0 aromatic heterocycles. The summed E-state index contributed by atoms with van der Waals surface area (Å²) in [7, 11) is 0. The first-order chi connectivity index (χ1) is 9.47. The lowest BCUT2D eigenvalue weighted by molar-refractivity contribution is 0.297. The average Bonchev–Trinajstić information content (AvgIpc) is 2.38. The van der Waals surface area contributed by atoms with Gasteiger partial charge >= 0.3 is 0 Å². The number of nitrogens with two attached hydrogens (primary N) is 1. The quantitative estimate of drug-likeness (QED) is 0.920. The van der Waals surface area contributed by atoms with Gasteiger partial charge in [0.2, 0.25) is 0 Å². The molecule has 2 aromatic rings. The molecule has 1 atom stereocenters. The van der Waals surface area contributed by atoms with Gasteiger partial charge in [-0.25, -0.2) is 8.78 Å². The SMILES string of the molecule is Cc1cc(C(C)N)ccc1OCc1ccc(F)cc1F. The first-order valence-electron chi connectivity index (χ1n) is 6.40. The van der Waals surface area contributed by atoms with Crippen molar-refractivity contribution in [3.63, 3.8) is 0 Å². The number of aryl methyl sites for hydroxylation is 1. The zero-order valence-corrected chi connectivity index (χ0v) is 11.5. The van der Waals surface area contributed by atoms with E-state index in [1.54, 1.807) is 0 Å². The van der Waals surface area contributed by atoms with E-state index >= 15 is 0 Å². The second-order valence-corrected chi connectivity index (χ2v) is 4.84. The van der Waals surface area contributed by atoms with Crippen molar-refractivity contribution in [3.05, 3.63) is 64.7 Å². The van der Waals surface area contributed by atoms with Crippen molar-refractivity contribution < 1.29 is 13.5 Å². The molecule has 0 fully saturated rings. The second kappa shape index (κ2) is 6.01. The lowest BCUT2D eigenvalue weighted by Crippen LogP contribution is -2.06. The Labute approximate surface area is 117 Å². The average molecular weight is 277 g/mol. The maximum Gasteiger partial charge on any atom is 0.132 e. The molecule has 1 unspecified atom stereocenters. The van der Waals surface area contributed by atoms with E-state index in [1.807, 2.05) is 32.0 Å².